The van der Waals surface area contributed by atoms with E-state index in [1.807, 2.05) is 12.4 Å². The molecule has 2 rings (SSSR count). The molecule has 1 fully saturated rings. The summed E-state index contributed by atoms with van der Waals surface area (Å²) in [6.45, 7) is 2.92. The molecule has 4 nitrogen and oxygen atoms in total. The summed E-state index contributed by atoms with van der Waals surface area (Å²) < 4.78 is 8.26. The van der Waals surface area contributed by atoms with Crippen molar-refractivity contribution in [1.82, 2.24) is 14.9 Å². The average molecular weight is 293 g/mol. The smallest absolute Gasteiger partial charge is 0.108 e. The molecule has 0 radical (unpaired) electrons. The van der Waals surface area contributed by atoms with Gasteiger partial charge in [-0.1, -0.05) is 19.3 Å². The normalized spacial score (nSPS) is 19.6. The van der Waals surface area contributed by atoms with Crippen LogP contribution < -0.4 is 5.32 Å². The van der Waals surface area contributed by atoms with Crippen LogP contribution in [0.25, 0.3) is 0 Å². The maximum atomic E-state index is 6.14. The summed E-state index contributed by atoms with van der Waals surface area (Å²) in [7, 11) is 4.13. The molecule has 2 atom stereocenters. The van der Waals surface area contributed by atoms with Crippen LogP contribution in [-0.4, -0.2) is 35.4 Å². The summed E-state index contributed by atoms with van der Waals surface area (Å²) in [6, 6.07) is 0.421. The fourth-order valence-electron chi connectivity index (χ4n) is 3.63. The minimum atomic E-state index is 0.348. The zero-order valence-electron chi connectivity index (χ0n) is 13.8. The van der Waals surface area contributed by atoms with E-state index in [0.717, 1.165) is 31.2 Å². The van der Waals surface area contributed by atoms with Gasteiger partial charge in [0.05, 0.1) is 6.10 Å². The van der Waals surface area contributed by atoms with Gasteiger partial charge in [0, 0.05) is 38.5 Å². The van der Waals surface area contributed by atoms with E-state index in [1.54, 1.807) is 0 Å². The summed E-state index contributed by atoms with van der Waals surface area (Å²) in [5, 5.41) is 3.50. The molecule has 21 heavy (non-hydrogen) atoms. The lowest BCUT2D eigenvalue weighted by molar-refractivity contribution is -0.0178. The summed E-state index contributed by atoms with van der Waals surface area (Å²) >= 11 is 0. The molecule has 0 bridgehead atoms. The van der Waals surface area contributed by atoms with Crippen molar-refractivity contribution < 1.29 is 4.74 Å². The van der Waals surface area contributed by atoms with Crippen molar-refractivity contribution in [2.45, 2.75) is 64.0 Å². The number of nitrogens with zero attached hydrogens (tertiary/aromatic N) is 2. The second kappa shape index (κ2) is 8.54. The van der Waals surface area contributed by atoms with Crippen LogP contribution in [0, 0.1) is 5.92 Å². The SMILES string of the molecule is CCOC(C1CCCCC1)C(CCc1nccn1C)NC. The molecule has 0 saturated heterocycles. The van der Waals surface area contributed by atoms with E-state index >= 15 is 0 Å². The monoisotopic (exact) mass is 293 g/mol. The topological polar surface area (TPSA) is 39.1 Å². The maximum absolute atomic E-state index is 6.14. The van der Waals surface area contributed by atoms with Crippen molar-refractivity contribution in [2.24, 2.45) is 13.0 Å². The molecule has 1 aromatic rings. The molecule has 120 valence electrons. The molecule has 0 spiro atoms. The standard InChI is InChI=1S/C17H31N3O/c1-4-21-17(14-8-6-5-7-9-14)15(18-2)10-11-16-19-12-13-20(16)3/h12-15,17-18H,4-11H2,1-3H3. The molecule has 4 heteroatoms. The van der Waals surface area contributed by atoms with Gasteiger partial charge in [-0.05, 0) is 39.2 Å². The van der Waals surface area contributed by atoms with Crippen molar-refractivity contribution in [1.29, 1.82) is 0 Å². The molecule has 2 unspecified atom stereocenters. The van der Waals surface area contributed by atoms with Crippen LogP contribution in [0.3, 0.4) is 0 Å². The lowest BCUT2D eigenvalue weighted by Crippen LogP contribution is -2.45. The van der Waals surface area contributed by atoms with Crippen LogP contribution in [0.4, 0.5) is 0 Å². The molecule has 0 amide bonds. The second-order valence-electron chi connectivity index (χ2n) is 6.21. The quantitative estimate of drug-likeness (QED) is 0.801. The van der Waals surface area contributed by atoms with Crippen molar-refractivity contribution in [3.8, 4) is 0 Å². The maximum Gasteiger partial charge on any atom is 0.108 e. The van der Waals surface area contributed by atoms with E-state index in [4.69, 9.17) is 4.74 Å². The number of imidazole rings is 1. The van der Waals surface area contributed by atoms with Gasteiger partial charge in [-0.25, -0.2) is 4.98 Å². The third kappa shape index (κ3) is 4.55. The molecule has 0 aliphatic heterocycles. The minimum Gasteiger partial charge on any atom is -0.377 e. The number of aromatic nitrogens is 2. The fraction of sp³-hybridized carbons (Fsp3) is 0.824. The summed E-state index contributed by atoms with van der Waals surface area (Å²) in [5.74, 6) is 1.88. The van der Waals surface area contributed by atoms with Crippen molar-refractivity contribution in [2.75, 3.05) is 13.7 Å². The molecule has 0 aromatic carbocycles. The van der Waals surface area contributed by atoms with Gasteiger partial charge in [0.15, 0.2) is 0 Å². The van der Waals surface area contributed by atoms with Crippen LogP contribution in [0.1, 0.15) is 51.3 Å². The van der Waals surface area contributed by atoms with Gasteiger partial charge < -0.3 is 14.6 Å². The lowest BCUT2D eigenvalue weighted by Gasteiger charge is -2.35. The Hall–Kier alpha value is -0.870. The Morgan fingerprint density at radius 1 is 1.38 bits per heavy atom. The number of aryl methyl sites for hydroxylation is 2. The number of hydrogen-bond acceptors (Lipinski definition) is 3. The Morgan fingerprint density at radius 3 is 2.71 bits per heavy atom. The van der Waals surface area contributed by atoms with Crippen LogP contribution >= 0.6 is 0 Å². The van der Waals surface area contributed by atoms with Crippen molar-refractivity contribution in [3.63, 3.8) is 0 Å². The number of rotatable bonds is 8. The first-order valence-corrected chi connectivity index (χ1v) is 8.51. The summed E-state index contributed by atoms with van der Waals surface area (Å²) in [5.41, 5.74) is 0. The largest absolute Gasteiger partial charge is 0.377 e. The Bertz CT molecular complexity index is 398. The zero-order chi connectivity index (χ0) is 15.1. The Morgan fingerprint density at radius 2 is 2.14 bits per heavy atom. The van der Waals surface area contributed by atoms with Gasteiger partial charge in [-0.15, -0.1) is 0 Å². The molecule has 1 aromatic heterocycles. The molecule has 1 N–H and O–H groups in total. The van der Waals surface area contributed by atoms with E-state index in [0.29, 0.717) is 12.1 Å². The van der Waals surface area contributed by atoms with Gasteiger partial charge in [-0.2, -0.15) is 0 Å². The summed E-state index contributed by atoms with van der Waals surface area (Å²) in [4.78, 5) is 4.43. The Labute approximate surface area is 129 Å². The summed E-state index contributed by atoms with van der Waals surface area (Å²) in [6.07, 6.45) is 13.1. The molecule has 1 aliphatic carbocycles. The van der Waals surface area contributed by atoms with Gasteiger partial charge in [0.2, 0.25) is 0 Å². The number of nitrogens with one attached hydrogen (secondary N) is 1. The third-order valence-corrected chi connectivity index (χ3v) is 4.84. The van der Waals surface area contributed by atoms with Gasteiger partial charge in [0.25, 0.3) is 0 Å². The highest BCUT2D eigenvalue weighted by atomic mass is 16.5. The molecular formula is C17H31N3O. The first-order valence-electron chi connectivity index (χ1n) is 8.51. The first kappa shape index (κ1) is 16.5. The van der Waals surface area contributed by atoms with Crippen molar-refractivity contribution >= 4 is 0 Å². The average Bonchev–Trinajstić information content (AvgIpc) is 2.93. The van der Waals surface area contributed by atoms with Crippen LogP contribution in [0.2, 0.25) is 0 Å². The minimum absolute atomic E-state index is 0.348. The molecule has 1 saturated carbocycles. The molecule has 1 heterocycles. The lowest BCUT2D eigenvalue weighted by atomic mass is 9.81. The highest BCUT2D eigenvalue weighted by molar-refractivity contribution is 4.94. The molecule has 1 aliphatic rings. The zero-order valence-corrected chi connectivity index (χ0v) is 13.8. The highest BCUT2D eigenvalue weighted by Crippen LogP contribution is 2.30. The van der Waals surface area contributed by atoms with E-state index in [2.05, 4.69) is 35.9 Å². The van der Waals surface area contributed by atoms with E-state index in [-0.39, 0.29) is 0 Å². The Balaban J connectivity index is 1.95. The first-order chi connectivity index (χ1) is 10.3. The third-order valence-electron chi connectivity index (χ3n) is 4.84. The van der Waals surface area contributed by atoms with Gasteiger partial charge >= 0.3 is 0 Å². The van der Waals surface area contributed by atoms with Crippen LogP contribution in [0.5, 0.6) is 0 Å². The number of ether oxygens (including phenoxy) is 1. The Kier molecular flexibility index (Phi) is 6.71. The van der Waals surface area contributed by atoms with Crippen LogP contribution in [-0.2, 0) is 18.2 Å². The predicted octanol–water partition coefficient (Wildman–Crippen LogP) is 2.93. The van der Waals surface area contributed by atoms with E-state index in [1.165, 1.54) is 32.1 Å². The van der Waals surface area contributed by atoms with Gasteiger partial charge in [-0.3, -0.25) is 0 Å². The van der Waals surface area contributed by atoms with E-state index < -0.39 is 0 Å². The highest BCUT2D eigenvalue weighted by Gasteiger charge is 2.30. The van der Waals surface area contributed by atoms with Crippen molar-refractivity contribution in [3.05, 3.63) is 18.2 Å². The second-order valence-corrected chi connectivity index (χ2v) is 6.21. The van der Waals surface area contributed by atoms with Crippen LogP contribution in [0.15, 0.2) is 12.4 Å². The number of likely N-dealkylation sites (N-methyl/N-ethyl adjacent to an activating group) is 1. The predicted molar refractivity (Wildman–Crippen MR) is 86.4 cm³/mol. The molecular weight excluding hydrogens is 262 g/mol. The van der Waals surface area contributed by atoms with Gasteiger partial charge in [0.1, 0.15) is 5.82 Å². The number of hydrogen-bond donors (Lipinski definition) is 1. The van der Waals surface area contributed by atoms with E-state index in [9.17, 15) is 0 Å². The fourth-order valence-corrected chi connectivity index (χ4v) is 3.63.